The number of carbonyl (C=O) groups is 1. The fraction of sp³-hybridized carbons (Fsp3) is 0.350. The summed E-state index contributed by atoms with van der Waals surface area (Å²) in [6.45, 7) is 5.28. The highest BCUT2D eigenvalue weighted by atomic mass is 32.2. The molecule has 0 N–H and O–H groups in total. The molecule has 2 aromatic rings. The lowest BCUT2D eigenvalue weighted by Gasteiger charge is -2.33. The third kappa shape index (κ3) is 4.43. The largest absolute Gasteiger partial charge is 0.293 e. The first-order valence-electron chi connectivity index (χ1n) is 8.86. The fourth-order valence-corrected chi connectivity index (χ4v) is 4.55. The van der Waals surface area contributed by atoms with Crippen molar-refractivity contribution in [1.82, 2.24) is 9.21 Å². The van der Waals surface area contributed by atoms with Gasteiger partial charge in [0.15, 0.2) is 5.78 Å². The van der Waals surface area contributed by atoms with Crippen LogP contribution in [0.3, 0.4) is 0 Å². The quantitative estimate of drug-likeness (QED) is 0.737. The zero-order valence-corrected chi connectivity index (χ0v) is 16.3. The molecule has 1 heterocycles. The van der Waals surface area contributed by atoms with Gasteiger partial charge >= 0.3 is 0 Å². The van der Waals surface area contributed by atoms with Crippen molar-refractivity contribution in [1.29, 1.82) is 0 Å². The predicted octanol–water partition coefficient (Wildman–Crippen LogP) is 2.63. The normalized spacial score (nSPS) is 16.4. The molecule has 7 heteroatoms. The third-order valence-electron chi connectivity index (χ3n) is 4.78. The lowest BCUT2D eigenvalue weighted by atomic mass is 10.1. The van der Waals surface area contributed by atoms with Crippen molar-refractivity contribution in [3.63, 3.8) is 0 Å². The molecule has 5 nitrogen and oxygen atoms in total. The Hall–Kier alpha value is -2.09. The molecule has 0 aliphatic carbocycles. The first-order chi connectivity index (χ1) is 12.8. The smallest absolute Gasteiger partial charge is 0.243 e. The molecule has 1 aliphatic heterocycles. The highest BCUT2D eigenvalue weighted by molar-refractivity contribution is 7.89. The predicted molar refractivity (Wildman–Crippen MR) is 102 cm³/mol. The van der Waals surface area contributed by atoms with Crippen LogP contribution in [0, 0.1) is 19.7 Å². The molecule has 27 heavy (non-hydrogen) atoms. The van der Waals surface area contributed by atoms with Gasteiger partial charge in [-0.1, -0.05) is 29.3 Å². The lowest BCUT2D eigenvalue weighted by Crippen LogP contribution is -2.49. The second-order valence-corrected chi connectivity index (χ2v) is 8.84. The maximum Gasteiger partial charge on any atom is 0.243 e. The number of nitrogens with zero attached hydrogens (tertiary/aromatic N) is 2. The van der Waals surface area contributed by atoms with Crippen molar-refractivity contribution in [2.24, 2.45) is 0 Å². The fourth-order valence-electron chi connectivity index (χ4n) is 3.13. The minimum absolute atomic E-state index is 0.0821. The minimum Gasteiger partial charge on any atom is -0.293 e. The molecule has 0 amide bonds. The molecule has 0 bridgehead atoms. The van der Waals surface area contributed by atoms with Crippen molar-refractivity contribution in [3.05, 3.63) is 65.0 Å². The standard InChI is InChI=1S/C20H23FN2O3S/c1-15-3-6-17(7-4-15)27(25,26)23-11-9-22(10-12-23)14-20(24)18-13-16(2)5-8-19(18)21/h3-8,13H,9-12,14H2,1-2H3. The Bertz CT molecular complexity index is 934. The molecule has 144 valence electrons. The summed E-state index contributed by atoms with van der Waals surface area (Å²) in [5.74, 6) is -0.808. The van der Waals surface area contributed by atoms with E-state index in [4.69, 9.17) is 0 Å². The zero-order valence-electron chi connectivity index (χ0n) is 15.5. The van der Waals surface area contributed by atoms with Gasteiger partial charge in [0.1, 0.15) is 5.82 Å². The minimum atomic E-state index is -3.53. The molecule has 0 radical (unpaired) electrons. The summed E-state index contributed by atoms with van der Waals surface area (Å²) in [4.78, 5) is 14.5. The van der Waals surface area contributed by atoms with E-state index >= 15 is 0 Å². The number of hydrogen-bond acceptors (Lipinski definition) is 4. The van der Waals surface area contributed by atoms with Crippen LogP contribution in [0.2, 0.25) is 0 Å². The van der Waals surface area contributed by atoms with Crippen LogP contribution in [-0.2, 0) is 10.0 Å². The summed E-state index contributed by atoms with van der Waals surface area (Å²) < 4.78 is 40.8. The second-order valence-electron chi connectivity index (χ2n) is 6.90. The maximum atomic E-state index is 13.9. The van der Waals surface area contributed by atoms with Crippen LogP contribution >= 0.6 is 0 Å². The molecule has 1 saturated heterocycles. The van der Waals surface area contributed by atoms with E-state index in [9.17, 15) is 17.6 Å². The number of benzene rings is 2. The average Bonchev–Trinajstić information content (AvgIpc) is 2.64. The van der Waals surface area contributed by atoms with Gasteiger partial charge in [0.05, 0.1) is 17.0 Å². The van der Waals surface area contributed by atoms with Gasteiger partial charge in [-0.2, -0.15) is 4.31 Å². The van der Waals surface area contributed by atoms with Crippen LogP contribution in [0.1, 0.15) is 21.5 Å². The molecule has 0 spiro atoms. The van der Waals surface area contributed by atoms with E-state index < -0.39 is 15.8 Å². The van der Waals surface area contributed by atoms with Gasteiger partial charge < -0.3 is 0 Å². The van der Waals surface area contributed by atoms with Crippen LogP contribution < -0.4 is 0 Å². The molecular formula is C20H23FN2O3S. The van der Waals surface area contributed by atoms with Crippen LogP contribution in [0.5, 0.6) is 0 Å². The topological polar surface area (TPSA) is 57.7 Å². The van der Waals surface area contributed by atoms with Crippen LogP contribution in [0.4, 0.5) is 4.39 Å². The Morgan fingerprint density at radius 3 is 2.19 bits per heavy atom. The number of carbonyl (C=O) groups excluding carboxylic acids is 1. The number of hydrogen-bond donors (Lipinski definition) is 0. The molecule has 0 aromatic heterocycles. The van der Waals surface area contributed by atoms with Gasteiger partial charge in [0.25, 0.3) is 0 Å². The van der Waals surface area contributed by atoms with Crippen molar-refractivity contribution >= 4 is 15.8 Å². The number of rotatable bonds is 5. The van der Waals surface area contributed by atoms with E-state index in [0.717, 1.165) is 11.1 Å². The third-order valence-corrected chi connectivity index (χ3v) is 6.69. The highest BCUT2D eigenvalue weighted by Crippen LogP contribution is 2.19. The monoisotopic (exact) mass is 390 g/mol. The Balaban J connectivity index is 1.62. The van der Waals surface area contributed by atoms with E-state index in [-0.39, 0.29) is 22.8 Å². The van der Waals surface area contributed by atoms with E-state index in [0.29, 0.717) is 26.2 Å². The Labute approximate surface area is 159 Å². The van der Waals surface area contributed by atoms with E-state index in [1.165, 1.54) is 10.4 Å². The number of aryl methyl sites for hydroxylation is 2. The first-order valence-corrected chi connectivity index (χ1v) is 10.3. The number of ketones is 1. The lowest BCUT2D eigenvalue weighted by molar-refractivity contribution is 0.0897. The number of Topliss-reactive ketones (excluding diaryl/α,β-unsaturated/α-hetero) is 1. The molecule has 1 fully saturated rings. The van der Waals surface area contributed by atoms with Gasteiger partial charge in [-0.05, 0) is 38.1 Å². The summed E-state index contributed by atoms with van der Waals surface area (Å²) in [6, 6.07) is 11.3. The summed E-state index contributed by atoms with van der Waals surface area (Å²) in [6.07, 6.45) is 0. The van der Waals surface area contributed by atoms with Crippen molar-refractivity contribution < 1.29 is 17.6 Å². The Kier molecular flexibility index (Phi) is 5.74. The zero-order chi connectivity index (χ0) is 19.6. The van der Waals surface area contributed by atoms with Crippen molar-refractivity contribution in [3.8, 4) is 0 Å². The Morgan fingerprint density at radius 1 is 0.963 bits per heavy atom. The molecule has 0 unspecified atom stereocenters. The van der Waals surface area contributed by atoms with Crippen LogP contribution in [-0.4, -0.2) is 56.1 Å². The van der Waals surface area contributed by atoms with E-state index in [1.54, 1.807) is 36.4 Å². The molecular weight excluding hydrogens is 367 g/mol. The van der Waals surface area contributed by atoms with E-state index in [2.05, 4.69) is 0 Å². The maximum absolute atomic E-state index is 13.9. The summed E-state index contributed by atoms with van der Waals surface area (Å²) in [5, 5.41) is 0. The average molecular weight is 390 g/mol. The van der Waals surface area contributed by atoms with Gasteiger partial charge in [-0.25, -0.2) is 12.8 Å². The van der Waals surface area contributed by atoms with Crippen LogP contribution in [0.15, 0.2) is 47.4 Å². The van der Waals surface area contributed by atoms with Crippen molar-refractivity contribution in [2.45, 2.75) is 18.7 Å². The second kappa shape index (κ2) is 7.88. The summed E-state index contributed by atoms with van der Waals surface area (Å²) in [5.41, 5.74) is 1.92. The van der Waals surface area contributed by atoms with Gasteiger partial charge in [-0.15, -0.1) is 0 Å². The van der Waals surface area contributed by atoms with Crippen LogP contribution in [0.25, 0.3) is 0 Å². The number of sulfonamides is 1. The first kappa shape index (κ1) is 19.7. The number of piperazine rings is 1. The molecule has 0 atom stereocenters. The molecule has 2 aromatic carbocycles. The summed E-state index contributed by atoms with van der Waals surface area (Å²) >= 11 is 0. The van der Waals surface area contributed by atoms with Crippen molar-refractivity contribution in [2.75, 3.05) is 32.7 Å². The van der Waals surface area contributed by atoms with Gasteiger partial charge in [0, 0.05) is 26.2 Å². The highest BCUT2D eigenvalue weighted by Gasteiger charge is 2.29. The van der Waals surface area contributed by atoms with E-state index in [1.807, 2.05) is 18.7 Å². The molecule has 1 aliphatic rings. The summed E-state index contributed by atoms with van der Waals surface area (Å²) in [7, 11) is -3.53. The number of halogens is 1. The van der Waals surface area contributed by atoms with Gasteiger partial charge in [0.2, 0.25) is 10.0 Å². The molecule has 0 saturated carbocycles. The van der Waals surface area contributed by atoms with Gasteiger partial charge in [-0.3, -0.25) is 9.69 Å². The Morgan fingerprint density at radius 2 is 1.56 bits per heavy atom. The molecule has 3 rings (SSSR count). The SMILES string of the molecule is Cc1ccc(S(=O)(=O)N2CCN(CC(=O)c3cc(C)ccc3F)CC2)cc1.